The fraction of sp³-hybridized carbons (Fsp3) is 0.583. The molecule has 0 bridgehead atoms. The summed E-state index contributed by atoms with van der Waals surface area (Å²) in [7, 11) is 1.39. The molecule has 1 aromatic rings. The van der Waals surface area contributed by atoms with Gasteiger partial charge in [-0.1, -0.05) is 0 Å². The number of hydrogen-bond donors (Lipinski definition) is 0. The number of fused-ring (bicyclic) bond motifs is 1. The van der Waals surface area contributed by atoms with Gasteiger partial charge in [0.05, 0.1) is 39.1 Å². The Balaban J connectivity index is 1.77. The number of amides is 1. The Bertz CT molecular complexity index is 488. The zero-order valence-corrected chi connectivity index (χ0v) is 10.8. The molecule has 0 saturated carbocycles. The summed E-state index contributed by atoms with van der Waals surface area (Å²) in [5.41, 5.74) is 1.89. The Kier molecular flexibility index (Phi) is 3.20. The number of carbonyl (C=O) groups is 1. The van der Waals surface area contributed by atoms with E-state index in [1.807, 2.05) is 0 Å². The molecule has 0 atom stereocenters. The zero-order chi connectivity index (χ0) is 13.2. The number of hydrogen-bond acceptors (Lipinski definition) is 6. The van der Waals surface area contributed by atoms with Gasteiger partial charge in [0.15, 0.2) is 0 Å². The van der Waals surface area contributed by atoms with Crippen LogP contribution in [0.5, 0.6) is 0 Å². The first-order valence-corrected chi connectivity index (χ1v) is 6.28. The Labute approximate surface area is 111 Å². The van der Waals surface area contributed by atoms with Crippen molar-refractivity contribution in [1.29, 1.82) is 0 Å². The summed E-state index contributed by atoms with van der Waals surface area (Å²) in [6.45, 7) is 4.02. The number of ether oxygens (including phenoxy) is 2. The van der Waals surface area contributed by atoms with Gasteiger partial charge in [-0.3, -0.25) is 4.90 Å². The SMILES string of the molecule is COC(=O)N1Cc2cnc(N3CCOCC3)nc2C1. The van der Waals surface area contributed by atoms with E-state index in [2.05, 4.69) is 14.9 Å². The lowest BCUT2D eigenvalue weighted by molar-refractivity contribution is 0.122. The average molecular weight is 264 g/mol. The van der Waals surface area contributed by atoms with Crippen LogP contribution in [0.3, 0.4) is 0 Å². The lowest BCUT2D eigenvalue weighted by Crippen LogP contribution is -2.37. The van der Waals surface area contributed by atoms with E-state index in [4.69, 9.17) is 9.47 Å². The summed E-state index contributed by atoms with van der Waals surface area (Å²) in [6, 6.07) is 0. The number of anilines is 1. The average Bonchev–Trinajstić information content (AvgIpc) is 2.90. The second kappa shape index (κ2) is 5.00. The molecule has 7 heteroatoms. The van der Waals surface area contributed by atoms with Gasteiger partial charge in [0.25, 0.3) is 0 Å². The molecule has 0 radical (unpaired) electrons. The highest BCUT2D eigenvalue weighted by atomic mass is 16.5. The van der Waals surface area contributed by atoms with E-state index >= 15 is 0 Å². The van der Waals surface area contributed by atoms with Gasteiger partial charge in [0.1, 0.15) is 0 Å². The summed E-state index contributed by atoms with van der Waals surface area (Å²) in [6.07, 6.45) is 1.47. The van der Waals surface area contributed by atoms with Gasteiger partial charge in [-0.15, -0.1) is 0 Å². The molecule has 0 unspecified atom stereocenters. The highest BCUT2D eigenvalue weighted by Crippen LogP contribution is 2.23. The molecule has 2 aliphatic heterocycles. The minimum atomic E-state index is -0.328. The van der Waals surface area contributed by atoms with E-state index in [-0.39, 0.29) is 6.09 Å². The summed E-state index contributed by atoms with van der Waals surface area (Å²) in [4.78, 5) is 24.1. The molecule has 1 aromatic heterocycles. The lowest BCUT2D eigenvalue weighted by atomic mass is 10.3. The van der Waals surface area contributed by atoms with Gasteiger partial charge in [-0.25, -0.2) is 14.8 Å². The molecule has 3 heterocycles. The van der Waals surface area contributed by atoms with Crippen LogP contribution in [-0.2, 0) is 22.6 Å². The van der Waals surface area contributed by atoms with E-state index in [0.717, 1.165) is 24.3 Å². The molecule has 0 aromatic carbocycles. The number of aromatic nitrogens is 2. The van der Waals surface area contributed by atoms with Crippen LogP contribution in [0.1, 0.15) is 11.3 Å². The maximum absolute atomic E-state index is 11.5. The Morgan fingerprint density at radius 2 is 2.16 bits per heavy atom. The predicted octanol–water partition coefficient (Wildman–Crippen LogP) is 0.395. The number of methoxy groups -OCH3 is 1. The van der Waals surface area contributed by atoms with Crippen molar-refractivity contribution in [2.75, 3.05) is 38.3 Å². The molecule has 2 aliphatic rings. The van der Waals surface area contributed by atoms with Crippen LogP contribution >= 0.6 is 0 Å². The maximum atomic E-state index is 11.5. The highest BCUT2D eigenvalue weighted by Gasteiger charge is 2.26. The minimum Gasteiger partial charge on any atom is -0.453 e. The van der Waals surface area contributed by atoms with Crippen molar-refractivity contribution in [3.8, 4) is 0 Å². The molecular formula is C12H16N4O3. The van der Waals surface area contributed by atoms with E-state index in [9.17, 15) is 4.79 Å². The summed E-state index contributed by atoms with van der Waals surface area (Å²) in [5.74, 6) is 0.716. The molecule has 0 spiro atoms. The van der Waals surface area contributed by atoms with Gasteiger partial charge >= 0.3 is 6.09 Å². The molecule has 1 amide bonds. The molecule has 0 N–H and O–H groups in total. The first-order valence-electron chi connectivity index (χ1n) is 6.28. The molecule has 102 valence electrons. The second-order valence-corrected chi connectivity index (χ2v) is 4.57. The summed E-state index contributed by atoms with van der Waals surface area (Å²) < 4.78 is 10.0. The number of nitrogens with zero attached hydrogens (tertiary/aromatic N) is 4. The standard InChI is InChI=1S/C12H16N4O3/c1-18-12(17)16-7-9-6-13-11(14-10(9)8-16)15-2-4-19-5-3-15/h6H,2-5,7-8H2,1H3. The zero-order valence-electron chi connectivity index (χ0n) is 10.8. The monoisotopic (exact) mass is 264 g/mol. The molecule has 1 fully saturated rings. The molecule has 1 saturated heterocycles. The van der Waals surface area contributed by atoms with Crippen LogP contribution in [0.2, 0.25) is 0 Å². The maximum Gasteiger partial charge on any atom is 0.410 e. The Morgan fingerprint density at radius 3 is 2.89 bits per heavy atom. The smallest absolute Gasteiger partial charge is 0.410 e. The number of carbonyl (C=O) groups excluding carboxylic acids is 1. The van der Waals surface area contributed by atoms with Gasteiger partial charge in [0.2, 0.25) is 5.95 Å². The van der Waals surface area contributed by atoms with Crippen LogP contribution < -0.4 is 4.90 Å². The molecular weight excluding hydrogens is 248 g/mol. The van der Waals surface area contributed by atoms with E-state index < -0.39 is 0 Å². The fourth-order valence-electron chi connectivity index (χ4n) is 2.32. The van der Waals surface area contributed by atoms with Crippen LogP contribution in [0.25, 0.3) is 0 Å². The molecule has 7 nitrogen and oxygen atoms in total. The topological polar surface area (TPSA) is 67.8 Å². The van der Waals surface area contributed by atoms with Crippen molar-refractivity contribution < 1.29 is 14.3 Å². The van der Waals surface area contributed by atoms with Crippen molar-refractivity contribution in [2.45, 2.75) is 13.1 Å². The fourth-order valence-corrected chi connectivity index (χ4v) is 2.32. The lowest BCUT2D eigenvalue weighted by Gasteiger charge is -2.26. The van der Waals surface area contributed by atoms with Crippen molar-refractivity contribution in [3.05, 3.63) is 17.5 Å². The minimum absolute atomic E-state index is 0.328. The van der Waals surface area contributed by atoms with Crippen molar-refractivity contribution >= 4 is 12.0 Å². The van der Waals surface area contributed by atoms with Crippen LogP contribution in [0.15, 0.2) is 6.20 Å². The molecule has 19 heavy (non-hydrogen) atoms. The van der Waals surface area contributed by atoms with Gasteiger partial charge in [0, 0.05) is 24.8 Å². The normalized spacial score (nSPS) is 18.4. The van der Waals surface area contributed by atoms with Gasteiger partial charge < -0.3 is 14.4 Å². The van der Waals surface area contributed by atoms with Gasteiger partial charge in [-0.2, -0.15) is 0 Å². The number of rotatable bonds is 1. The van der Waals surface area contributed by atoms with Crippen LogP contribution in [0, 0.1) is 0 Å². The Hall–Kier alpha value is -1.89. The Morgan fingerprint density at radius 1 is 1.37 bits per heavy atom. The first-order chi connectivity index (χ1) is 9.28. The summed E-state index contributed by atoms with van der Waals surface area (Å²) >= 11 is 0. The largest absolute Gasteiger partial charge is 0.453 e. The third-order valence-electron chi connectivity index (χ3n) is 3.37. The molecule has 0 aliphatic carbocycles. The van der Waals surface area contributed by atoms with E-state index in [0.29, 0.717) is 32.3 Å². The third-order valence-corrected chi connectivity index (χ3v) is 3.37. The predicted molar refractivity (Wildman–Crippen MR) is 66.7 cm³/mol. The van der Waals surface area contributed by atoms with Crippen molar-refractivity contribution in [1.82, 2.24) is 14.9 Å². The number of morpholine rings is 1. The quantitative estimate of drug-likeness (QED) is 0.731. The van der Waals surface area contributed by atoms with Crippen LogP contribution in [-0.4, -0.2) is 54.4 Å². The van der Waals surface area contributed by atoms with Gasteiger partial charge in [-0.05, 0) is 0 Å². The second-order valence-electron chi connectivity index (χ2n) is 4.57. The summed E-state index contributed by atoms with van der Waals surface area (Å²) in [5, 5.41) is 0. The molecule has 3 rings (SSSR count). The van der Waals surface area contributed by atoms with Crippen molar-refractivity contribution in [2.24, 2.45) is 0 Å². The van der Waals surface area contributed by atoms with E-state index in [1.54, 1.807) is 11.1 Å². The highest BCUT2D eigenvalue weighted by molar-refractivity contribution is 5.68. The van der Waals surface area contributed by atoms with E-state index in [1.165, 1.54) is 7.11 Å². The first kappa shape index (κ1) is 12.2. The van der Waals surface area contributed by atoms with Crippen LogP contribution in [0.4, 0.5) is 10.7 Å². The third kappa shape index (κ3) is 2.33. The van der Waals surface area contributed by atoms with Crippen molar-refractivity contribution in [3.63, 3.8) is 0 Å².